The number of rotatable bonds is 9. The standard InChI is InChI=1S/C28H43N3OSi/c1-9-10-24(29-25-14-19(2)13-20(3)21(25)4)27-23-15-22-16-28(22,5)17-26(23)31(30-27)18-32-11-12-33(6,7)8/h13-14,22H,9-12,15-18H2,1-8H3/t22-,28-/m1/s1. The van der Waals surface area contributed by atoms with E-state index in [4.69, 9.17) is 14.8 Å². The molecule has 33 heavy (non-hydrogen) atoms. The number of nitrogens with zero attached hydrogens (tertiary/aromatic N) is 3. The molecule has 5 heteroatoms. The van der Waals surface area contributed by atoms with Crippen LogP contribution in [0.1, 0.15) is 66.8 Å². The number of aromatic nitrogens is 2. The van der Waals surface area contributed by atoms with Crippen LogP contribution in [0.3, 0.4) is 0 Å². The van der Waals surface area contributed by atoms with Gasteiger partial charge in [-0.15, -0.1) is 0 Å². The maximum Gasteiger partial charge on any atom is 0.139 e. The molecule has 1 heterocycles. The SMILES string of the molecule is CCCC(=Nc1cc(C)cc(C)c1C)c1nn(COCC[Si](C)(C)C)c2c1C[C@@H]1C[C@]1(C)C2. The highest BCUT2D eigenvalue weighted by Crippen LogP contribution is 2.59. The highest BCUT2D eigenvalue weighted by atomic mass is 28.3. The lowest BCUT2D eigenvalue weighted by Gasteiger charge is -2.21. The van der Waals surface area contributed by atoms with Gasteiger partial charge in [0.05, 0.1) is 11.4 Å². The molecule has 2 atom stereocenters. The van der Waals surface area contributed by atoms with E-state index in [-0.39, 0.29) is 0 Å². The van der Waals surface area contributed by atoms with Gasteiger partial charge in [-0.3, -0.25) is 4.99 Å². The van der Waals surface area contributed by atoms with Gasteiger partial charge in [-0.25, -0.2) is 4.68 Å². The smallest absolute Gasteiger partial charge is 0.139 e. The molecular formula is C28H43N3OSi. The van der Waals surface area contributed by atoms with E-state index in [1.54, 1.807) is 0 Å². The number of benzene rings is 1. The molecule has 2 aliphatic rings. The number of aliphatic imine (C=N–C) groups is 1. The van der Waals surface area contributed by atoms with E-state index in [0.29, 0.717) is 12.1 Å². The third-order valence-corrected chi connectivity index (χ3v) is 9.44. The first kappa shape index (κ1) is 24.4. The summed E-state index contributed by atoms with van der Waals surface area (Å²) in [5, 5.41) is 5.17. The minimum Gasteiger partial charge on any atom is -0.360 e. The Morgan fingerprint density at radius 1 is 1.24 bits per heavy atom. The molecule has 4 nitrogen and oxygen atoms in total. The molecule has 1 saturated carbocycles. The van der Waals surface area contributed by atoms with E-state index in [1.165, 1.54) is 40.4 Å². The Hall–Kier alpha value is -1.72. The van der Waals surface area contributed by atoms with Crippen LogP contribution in [-0.4, -0.2) is 30.2 Å². The number of ether oxygens (including phenoxy) is 1. The van der Waals surface area contributed by atoms with Crippen LogP contribution in [0.5, 0.6) is 0 Å². The molecule has 4 rings (SSSR count). The van der Waals surface area contributed by atoms with Crippen molar-refractivity contribution in [2.75, 3.05) is 6.61 Å². The van der Waals surface area contributed by atoms with Gasteiger partial charge in [0.2, 0.25) is 0 Å². The van der Waals surface area contributed by atoms with Gasteiger partial charge in [-0.05, 0) is 86.6 Å². The van der Waals surface area contributed by atoms with Crippen molar-refractivity contribution in [3.63, 3.8) is 0 Å². The Morgan fingerprint density at radius 3 is 2.70 bits per heavy atom. The molecule has 0 unspecified atom stereocenters. The van der Waals surface area contributed by atoms with Crippen LogP contribution >= 0.6 is 0 Å². The number of hydrogen-bond donors (Lipinski definition) is 0. The van der Waals surface area contributed by atoms with Crippen molar-refractivity contribution >= 4 is 19.5 Å². The van der Waals surface area contributed by atoms with Crippen molar-refractivity contribution in [3.05, 3.63) is 45.8 Å². The maximum atomic E-state index is 6.16. The molecule has 0 radical (unpaired) electrons. The van der Waals surface area contributed by atoms with E-state index >= 15 is 0 Å². The molecular weight excluding hydrogens is 422 g/mol. The normalized spacial score (nSPS) is 22.3. The molecule has 1 aromatic carbocycles. The minimum atomic E-state index is -1.10. The Balaban J connectivity index is 1.69. The van der Waals surface area contributed by atoms with Crippen LogP contribution in [-0.2, 0) is 24.3 Å². The Kier molecular flexibility index (Phi) is 6.76. The van der Waals surface area contributed by atoms with Crippen LogP contribution in [0.15, 0.2) is 17.1 Å². The summed E-state index contributed by atoms with van der Waals surface area (Å²) >= 11 is 0. The summed E-state index contributed by atoms with van der Waals surface area (Å²) in [6.45, 7) is 19.8. The van der Waals surface area contributed by atoms with Gasteiger partial charge in [0.25, 0.3) is 0 Å². The first-order valence-electron chi connectivity index (χ1n) is 12.8. The van der Waals surface area contributed by atoms with Gasteiger partial charge in [-0.2, -0.15) is 5.10 Å². The second kappa shape index (κ2) is 9.14. The average molecular weight is 466 g/mol. The summed E-state index contributed by atoms with van der Waals surface area (Å²) in [6.07, 6.45) is 5.63. The van der Waals surface area contributed by atoms with E-state index in [2.05, 4.69) is 71.1 Å². The van der Waals surface area contributed by atoms with E-state index < -0.39 is 8.07 Å². The lowest BCUT2D eigenvalue weighted by Crippen LogP contribution is -2.23. The quantitative estimate of drug-likeness (QED) is 0.224. The zero-order chi connectivity index (χ0) is 24.0. The predicted molar refractivity (Wildman–Crippen MR) is 142 cm³/mol. The first-order valence-corrected chi connectivity index (χ1v) is 16.5. The van der Waals surface area contributed by atoms with Gasteiger partial charge in [0.15, 0.2) is 0 Å². The maximum absolute atomic E-state index is 6.16. The molecule has 0 amide bonds. The summed E-state index contributed by atoms with van der Waals surface area (Å²) in [5.41, 5.74) is 10.5. The van der Waals surface area contributed by atoms with Gasteiger partial charge in [-0.1, -0.05) is 46.0 Å². The zero-order valence-electron chi connectivity index (χ0n) is 22.1. The molecule has 0 saturated heterocycles. The third kappa shape index (κ3) is 5.35. The summed E-state index contributed by atoms with van der Waals surface area (Å²) < 4.78 is 8.34. The second-order valence-corrected chi connectivity index (χ2v) is 17.7. The van der Waals surface area contributed by atoms with Crippen LogP contribution in [0, 0.1) is 32.1 Å². The lowest BCUT2D eigenvalue weighted by molar-refractivity contribution is 0.0755. The van der Waals surface area contributed by atoms with Crippen molar-refractivity contribution in [2.45, 2.75) is 99.1 Å². The minimum absolute atomic E-state index is 0.465. The van der Waals surface area contributed by atoms with Gasteiger partial charge in [0.1, 0.15) is 12.4 Å². The van der Waals surface area contributed by atoms with Crippen LogP contribution in [0.25, 0.3) is 0 Å². The summed E-state index contributed by atoms with van der Waals surface area (Å²) in [5.74, 6) is 0.806. The van der Waals surface area contributed by atoms with E-state index in [9.17, 15) is 0 Å². The van der Waals surface area contributed by atoms with Crippen molar-refractivity contribution in [1.29, 1.82) is 0 Å². The molecule has 1 fully saturated rings. The fraction of sp³-hybridized carbons (Fsp3) is 0.643. The highest BCUT2D eigenvalue weighted by molar-refractivity contribution is 6.76. The number of fused-ring (bicyclic) bond motifs is 2. The van der Waals surface area contributed by atoms with E-state index in [0.717, 1.165) is 55.3 Å². The molecule has 0 N–H and O–H groups in total. The highest BCUT2D eigenvalue weighted by Gasteiger charge is 2.54. The molecule has 2 aromatic rings. The topological polar surface area (TPSA) is 39.4 Å². The molecule has 1 aromatic heterocycles. The van der Waals surface area contributed by atoms with Crippen molar-refractivity contribution in [1.82, 2.24) is 9.78 Å². The van der Waals surface area contributed by atoms with Crippen LogP contribution < -0.4 is 0 Å². The number of aryl methyl sites for hydroxylation is 2. The lowest BCUT2D eigenvalue weighted by atomic mass is 9.86. The predicted octanol–water partition coefficient (Wildman–Crippen LogP) is 7.17. The zero-order valence-corrected chi connectivity index (χ0v) is 23.1. The first-order chi connectivity index (χ1) is 15.5. The van der Waals surface area contributed by atoms with Gasteiger partial charge < -0.3 is 4.74 Å². The second-order valence-electron chi connectivity index (χ2n) is 12.1. The summed E-state index contributed by atoms with van der Waals surface area (Å²) in [7, 11) is -1.10. The van der Waals surface area contributed by atoms with Gasteiger partial charge in [0, 0.05) is 25.9 Å². The average Bonchev–Trinajstić information content (AvgIpc) is 3.27. The Morgan fingerprint density at radius 2 is 2.00 bits per heavy atom. The fourth-order valence-electron chi connectivity index (χ4n) is 5.23. The van der Waals surface area contributed by atoms with Crippen molar-refractivity contribution in [3.8, 4) is 0 Å². The molecule has 0 bridgehead atoms. The molecule has 2 aliphatic carbocycles. The van der Waals surface area contributed by atoms with Crippen molar-refractivity contribution < 1.29 is 4.74 Å². The van der Waals surface area contributed by atoms with Crippen LogP contribution in [0.2, 0.25) is 25.7 Å². The molecule has 0 aliphatic heterocycles. The molecule has 0 spiro atoms. The largest absolute Gasteiger partial charge is 0.360 e. The van der Waals surface area contributed by atoms with Crippen molar-refractivity contribution in [2.24, 2.45) is 16.3 Å². The van der Waals surface area contributed by atoms with Crippen LogP contribution in [0.4, 0.5) is 5.69 Å². The van der Waals surface area contributed by atoms with E-state index in [1.807, 2.05) is 0 Å². The Bertz CT molecular complexity index is 1060. The summed E-state index contributed by atoms with van der Waals surface area (Å²) in [4.78, 5) is 5.25. The monoisotopic (exact) mass is 465 g/mol. The van der Waals surface area contributed by atoms with Gasteiger partial charge >= 0.3 is 0 Å². The fourth-order valence-corrected chi connectivity index (χ4v) is 5.98. The third-order valence-electron chi connectivity index (χ3n) is 7.74. The summed E-state index contributed by atoms with van der Waals surface area (Å²) in [6, 6.07) is 5.66. The Labute approximate surface area is 201 Å². The molecule has 180 valence electrons. The number of hydrogen-bond acceptors (Lipinski definition) is 3.